The second-order valence-corrected chi connectivity index (χ2v) is 9.87. The molecule has 1 amide bonds. The van der Waals surface area contributed by atoms with Crippen LogP contribution >= 0.6 is 11.6 Å². The largest absolute Gasteiger partial charge is 0.504 e. The van der Waals surface area contributed by atoms with Crippen LogP contribution in [0.15, 0.2) is 17.0 Å². The zero-order valence-corrected chi connectivity index (χ0v) is 16.2. The Morgan fingerprint density at radius 2 is 1.88 bits per heavy atom. The molecule has 3 rings (SSSR count). The van der Waals surface area contributed by atoms with E-state index >= 15 is 0 Å². The molecule has 6 nitrogen and oxygen atoms in total. The molecule has 144 valence electrons. The lowest BCUT2D eigenvalue weighted by Gasteiger charge is -2.36. The summed E-state index contributed by atoms with van der Waals surface area (Å²) < 4.78 is 43.9. The molecule has 2 aliphatic heterocycles. The fraction of sp³-hybridized carbons (Fsp3) is 0.588. The van der Waals surface area contributed by atoms with Crippen LogP contribution in [0.1, 0.15) is 33.1 Å². The van der Waals surface area contributed by atoms with Crippen molar-refractivity contribution in [1.82, 2.24) is 0 Å². The fourth-order valence-corrected chi connectivity index (χ4v) is 6.18. The molecule has 2 heterocycles. The topological polar surface area (TPSA) is 83.7 Å². The standard InChI is InChI=1S/C17H21ClFNO5S/c1-16(2)15(22)20(16)12-4-3-11(18)14(13(12)21)26(23,24)17(5-8-19)6-9-25-10-7-17/h3-4,21H,5-10H2,1-2H3. The Balaban J connectivity index is 2.14. The van der Waals surface area contributed by atoms with Crippen LogP contribution in [-0.4, -0.2) is 49.6 Å². The molecule has 1 N–H and O–H groups in total. The first-order valence-electron chi connectivity index (χ1n) is 8.35. The molecule has 26 heavy (non-hydrogen) atoms. The first kappa shape index (κ1) is 19.4. The molecule has 0 radical (unpaired) electrons. The molecule has 0 spiro atoms. The van der Waals surface area contributed by atoms with Gasteiger partial charge in [-0.05, 0) is 45.2 Å². The van der Waals surface area contributed by atoms with Crippen LogP contribution in [0.2, 0.25) is 5.02 Å². The van der Waals surface area contributed by atoms with Crippen molar-refractivity contribution in [1.29, 1.82) is 0 Å². The lowest BCUT2D eigenvalue weighted by molar-refractivity contribution is -0.111. The molecule has 0 aliphatic carbocycles. The fourth-order valence-electron chi connectivity index (χ4n) is 3.55. The molecule has 2 fully saturated rings. The van der Waals surface area contributed by atoms with Gasteiger partial charge in [0.05, 0.1) is 22.1 Å². The third-order valence-corrected chi connectivity index (χ3v) is 8.46. The number of sulfone groups is 1. The van der Waals surface area contributed by atoms with Gasteiger partial charge in [-0.1, -0.05) is 11.6 Å². The number of ether oxygens (including phenoxy) is 1. The zero-order chi connectivity index (χ0) is 19.3. The Morgan fingerprint density at radius 1 is 1.31 bits per heavy atom. The number of amides is 1. The number of alkyl halides is 1. The van der Waals surface area contributed by atoms with E-state index in [1.54, 1.807) is 13.8 Å². The Hall–Kier alpha value is -1.38. The molecule has 0 bridgehead atoms. The van der Waals surface area contributed by atoms with Gasteiger partial charge in [-0.3, -0.25) is 14.1 Å². The lowest BCUT2D eigenvalue weighted by Crippen LogP contribution is -2.44. The molecule has 0 atom stereocenters. The van der Waals surface area contributed by atoms with Crippen LogP contribution in [0.5, 0.6) is 5.75 Å². The molecule has 2 aliphatic rings. The quantitative estimate of drug-likeness (QED) is 0.761. The summed E-state index contributed by atoms with van der Waals surface area (Å²) in [6, 6.07) is 2.75. The molecule has 0 aromatic heterocycles. The third-order valence-electron chi connectivity index (χ3n) is 5.33. The van der Waals surface area contributed by atoms with Crippen LogP contribution in [0.3, 0.4) is 0 Å². The molecule has 9 heteroatoms. The van der Waals surface area contributed by atoms with E-state index in [4.69, 9.17) is 16.3 Å². The predicted molar refractivity (Wildman–Crippen MR) is 95.2 cm³/mol. The highest BCUT2D eigenvalue weighted by Crippen LogP contribution is 2.50. The van der Waals surface area contributed by atoms with Gasteiger partial charge < -0.3 is 9.84 Å². The zero-order valence-electron chi connectivity index (χ0n) is 14.6. The predicted octanol–water partition coefficient (Wildman–Crippen LogP) is 2.85. The third kappa shape index (κ3) is 2.70. The van der Waals surface area contributed by atoms with E-state index in [1.807, 2.05) is 0 Å². The van der Waals surface area contributed by atoms with Crippen molar-refractivity contribution >= 4 is 33.0 Å². The summed E-state index contributed by atoms with van der Waals surface area (Å²) >= 11 is 6.13. The maximum Gasteiger partial charge on any atom is 0.253 e. The van der Waals surface area contributed by atoms with Gasteiger partial charge in [0.25, 0.3) is 5.91 Å². The van der Waals surface area contributed by atoms with E-state index in [0.717, 1.165) is 0 Å². The summed E-state index contributed by atoms with van der Waals surface area (Å²) in [5, 5.41) is 10.5. The van der Waals surface area contributed by atoms with E-state index in [2.05, 4.69) is 0 Å². The summed E-state index contributed by atoms with van der Waals surface area (Å²) in [6.45, 7) is 2.90. The van der Waals surface area contributed by atoms with Crippen LogP contribution in [0.25, 0.3) is 0 Å². The van der Waals surface area contributed by atoms with Crippen molar-refractivity contribution in [2.24, 2.45) is 0 Å². The van der Waals surface area contributed by atoms with Gasteiger partial charge in [0, 0.05) is 13.2 Å². The summed E-state index contributed by atoms with van der Waals surface area (Å²) in [6.07, 6.45) is 0.0353. The van der Waals surface area contributed by atoms with Crippen molar-refractivity contribution < 1.29 is 27.4 Å². The number of phenolic OH excluding ortho intramolecular Hbond substituents is 1. The number of rotatable bonds is 5. The summed E-state index contributed by atoms with van der Waals surface area (Å²) in [5.41, 5.74) is -0.729. The van der Waals surface area contributed by atoms with E-state index in [-0.39, 0.29) is 49.1 Å². The number of aromatic hydroxyl groups is 1. The van der Waals surface area contributed by atoms with Gasteiger partial charge in [-0.2, -0.15) is 0 Å². The van der Waals surface area contributed by atoms with Crippen molar-refractivity contribution in [2.75, 3.05) is 24.8 Å². The molecule has 1 aromatic rings. The van der Waals surface area contributed by atoms with Crippen molar-refractivity contribution in [3.8, 4) is 5.75 Å². The van der Waals surface area contributed by atoms with E-state index in [1.165, 1.54) is 17.0 Å². The van der Waals surface area contributed by atoms with E-state index in [9.17, 15) is 22.7 Å². The highest BCUT2D eigenvalue weighted by molar-refractivity contribution is 7.93. The summed E-state index contributed by atoms with van der Waals surface area (Å²) in [7, 11) is -4.17. The highest BCUT2D eigenvalue weighted by Gasteiger charge is 2.57. The molecular weight excluding hydrogens is 385 g/mol. The molecule has 0 unspecified atom stereocenters. The number of hydrogen-bond acceptors (Lipinski definition) is 5. The van der Waals surface area contributed by atoms with Crippen molar-refractivity contribution in [2.45, 2.75) is 48.3 Å². The van der Waals surface area contributed by atoms with Crippen LogP contribution in [0.4, 0.5) is 10.1 Å². The molecule has 2 saturated heterocycles. The lowest BCUT2D eigenvalue weighted by atomic mass is 9.96. The Bertz CT molecular complexity index is 843. The number of benzene rings is 1. The minimum atomic E-state index is -4.17. The first-order chi connectivity index (χ1) is 12.1. The van der Waals surface area contributed by atoms with Gasteiger partial charge in [0.1, 0.15) is 10.4 Å². The monoisotopic (exact) mass is 405 g/mol. The summed E-state index contributed by atoms with van der Waals surface area (Å²) in [4.78, 5) is 12.8. The average molecular weight is 406 g/mol. The highest BCUT2D eigenvalue weighted by atomic mass is 35.5. The Labute approximate surface area is 156 Å². The van der Waals surface area contributed by atoms with Crippen molar-refractivity contribution in [3.05, 3.63) is 17.2 Å². The maximum absolute atomic E-state index is 13.4. The molecular formula is C17H21ClFNO5S. The minimum Gasteiger partial charge on any atom is -0.504 e. The first-order valence-corrected chi connectivity index (χ1v) is 10.2. The number of carbonyl (C=O) groups is 1. The average Bonchev–Trinajstić information content (AvgIpc) is 3.06. The summed E-state index contributed by atoms with van der Waals surface area (Å²) in [5.74, 6) is -0.802. The molecule has 0 saturated carbocycles. The number of carbonyl (C=O) groups excluding carboxylic acids is 1. The minimum absolute atomic E-state index is 0.0884. The number of halogens is 2. The number of phenols is 1. The second kappa shape index (κ2) is 6.35. The van der Waals surface area contributed by atoms with Crippen molar-refractivity contribution in [3.63, 3.8) is 0 Å². The number of nitrogens with zero attached hydrogens (tertiary/aromatic N) is 1. The smallest absolute Gasteiger partial charge is 0.253 e. The van der Waals surface area contributed by atoms with Crippen LogP contribution in [-0.2, 0) is 19.4 Å². The normalized spacial score (nSPS) is 21.7. The Morgan fingerprint density at radius 3 is 2.38 bits per heavy atom. The second-order valence-electron chi connectivity index (χ2n) is 7.18. The maximum atomic E-state index is 13.4. The van der Waals surface area contributed by atoms with Crippen LogP contribution < -0.4 is 4.90 Å². The van der Waals surface area contributed by atoms with E-state index in [0.29, 0.717) is 0 Å². The number of hydrogen-bond donors (Lipinski definition) is 1. The van der Waals surface area contributed by atoms with Gasteiger partial charge in [-0.15, -0.1) is 0 Å². The number of anilines is 1. The SMILES string of the molecule is CC1(C)C(=O)N1c1ccc(Cl)c(S(=O)(=O)C2(CCF)CCOCC2)c1O. The van der Waals surface area contributed by atoms with Gasteiger partial charge in [0.2, 0.25) is 0 Å². The molecule has 1 aromatic carbocycles. The van der Waals surface area contributed by atoms with Crippen LogP contribution in [0, 0.1) is 0 Å². The van der Waals surface area contributed by atoms with Gasteiger partial charge in [-0.25, -0.2) is 8.42 Å². The van der Waals surface area contributed by atoms with Gasteiger partial charge >= 0.3 is 0 Å². The van der Waals surface area contributed by atoms with Gasteiger partial charge in [0.15, 0.2) is 15.6 Å². The van der Waals surface area contributed by atoms with E-state index < -0.39 is 37.4 Å². The Kier molecular flexibility index (Phi) is 4.74.